The second-order valence-corrected chi connectivity index (χ2v) is 4.45. The quantitative estimate of drug-likeness (QED) is 0.735. The number of benzene rings is 2. The van der Waals surface area contributed by atoms with Crippen molar-refractivity contribution in [3.63, 3.8) is 0 Å². The number of fused-ring (bicyclic) bond motifs is 1. The van der Waals surface area contributed by atoms with Crippen LogP contribution in [0.25, 0.3) is 22.2 Å². The van der Waals surface area contributed by atoms with E-state index in [0.717, 1.165) is 22.3 Å². The first kappa shape index (κ1) is 11.7. The van der Waals surface area contributed by atoms with E-state index in [-0.39, 0.29) is 12.0 Å². The summed E-state index contributed by atoms with van der Waals surface area (Å²) in [5.41, 5.74) is 3.26. The van der Waals surface area contributed by atoms with Crippen molar-refractivity contribution in [3.05, 3.63) is 70.4 Å². The highest BCUT2D eigenvalue weighted by Crippen LogP contribution is 2.18. The maximum atomic E-state index is 12.1. The van der Waals surface area contributed by atoms with Gasteiger partial charge in [-0.05, 0) is 23.3 Å². The molecule has 0 unspecified atom stereocenters. The fourth-order valence-electron chi connectivity index (χ4n) is 2.17. The van der Waals surface area contributed by atoms with Crippen molar-refractivity contribution >= 4 is 10.9 Å². The number of aliphatic hydroxyl groups excluding tert-OH is 1. The molecule has 94 valence electrons. The van der Waals surface area contributed by atoms with E-state index >= 15 is 0 Å². The SMILES string of the molecule is O=c1cc(-c2ccccc2)[nH]c2ccc(CO)cc12. The van der Waals surface area contributed by atoms with Crippen molar-refractivity contribution in [2.75, 3.05) is 0 Å². The second kappa shape index (κ2) is 4.71. The molecule has 0 saturated carbocycles. The molecule has 2 aromatic carbocycles. The Labute approximate surface area is 110 Å². The molecule has 1 aromatic heterocycles. The van der Waals surface area contributed by atoms with Gasteiger partial charge < -0.3 is 10.1 Å². The lowest BCUT2D eigenvalue weighted by Crippen LogP contribution is -2.03. The Kier molecular flexibility index (Phi) is 2.89. The normalized spacial score (nSPS) is 10.8. The minimum atomic E-state index is -0.0597. The first-order valence-electron chi connectivity index (χ1n) is 6.10. The molecule has 2 N–H and O–H groups in total. The number of rotatable bonds is 2. The van der Waals surface area contributed by atoms with Gasteiger partial charge in [0.1, 0.15) is 0 Å². The minimum Gasteiger partial charge on any atom is -0.392 e. The second-order valence-electron chi connectivity index (χ2n) is 4.45. The van der Waals surface area contributed by atoms with Crippen LogP contribution < -0.4 is 5.43 Å². The summed E-state index contributed by atoms with van der Waals surface area (Å²) in [5, 5.41) is 9.71. The van der Waals surface area contributed by atoms with Crippen LogP contribution in [0, 0.1) is 0 Å². The largest absolute Gasteiger partial charge is 0.392 e. The molecule has 3 rings (SSSR count). The molecule has 0 aliphatic rings. The lowest BCUT2D eigenvalue weighted by Gasteiger charge is -2.05. The predicted molar refractivity (Wildman–Crippen MR) is 75.9 cm³/mol. The highest BCUT2D eigenvalue weighted by molar-refractivity contribution is 5.82. The lowest BCUT2D eigenvalue weighted by molar-refractivity contribution is 0.282. The number of aromatic nitrogens is 1. The van der Waals surface area contributed by atoms with E-state index in [0.29, 0.717) is 5.39 Å². The van der Waals surface area contributed by atoms with Crippen molar-refractivity contribution < 1.29 is 5.11 Å². The maximum absolute atomic E-state index is 12.1. The summed E-state index contributed by atoms with van der Waals surface area (Å²) in [6.07, 6.45) is 0. The van der Waals surface area contributed by atoms with Gasteiger partial charge in [0, 0.05) is 22.7 Å². The van der Waals surface area contributed by atoms with Crippen molar-refractivity contribution in [2.24, 2.45) is 0 Å². The van der Waals surface area contributed by atoms with Gasteiger partial charge >= 0.3 is 0 Å². The van der Waals surface area contributed by atoms with Crippen molar-refractivity contribution in [3.8, 4) is 11.3 Å². The van der Waals surface area contributed by atoms with Crippen LogP contribution in [0.2, 0.25) is 0 Å². The first-order chi connectivity index (χ1) is 9.28. The van der Waals surface area contributed by atoms with Gasteiger partial charge in [-0.15, -0.1) is 0 Å². The fraction of sp³-hybridized carbons (Fsp3) is 0.0625. The van der Waals surface area contributed by atoms with Gasteiger partial charge in [-0.1, -0.05) is 36.4 Å². The summed E-state index contributed by atoms with van der Waals surface area (Å²) >= 11 is 0. The highest BCUT2D eigenvalue weighted by atomic mass is 16.3. The Morgan fingerprint density at radius 3 is 2.53 bits per heavy atom. The molecule has 3 heteroatoms. The fourth-order valence-corrected chi connectivity index (χ4v) is 2.17. The number of pyridine rings is 1. The van der Waals surface area contributed by atoms with Gasteiger partial charge in [-0.3, -0.25) is 4.79 Å². The topological polar surface area (TPSA) is 53.1 Å². The molecule has 0 aliphatic carbocycles. The predicted octanol–water partition coefficient (Wildman–Crippen LogP) is 2.69. The number of aromatic amines is 1. The smallest absolute Gasteiger partial charge is 0.190 e. The molecule has 19 heavy (non-hydrogen) atoms. The van der Waals surface area contributed by atoms with E-state index in [1.807, 2.05) is 42.5 Å². The summed E-state index contributed by atoms with van der Waals surface area (Å²) in [6.45, 7) is -0.0597. The van der Waals surface area contributed by atoms with Crippen LogP contribution in [0.1, 0.15) is 5.56 Å². The molecule has 0 bridgehead atoms. The Hall–Kier alpha value is -2.39. The lowest BCUT2D eigenvalue weighted by atomic mass is 10.1. The van der Waals surface area contributed by atoms with E-state index in [9.17, 15) is 4.79 Å². The maximum Gasteiger partial charge on any atom is 0.190 e. The molecular weight excluding hydrogens is 238 g/mol. The van der Waals surface area contributed by atoms with E-state index < -0.39 is 0 Å². The van der Waals surface area contributed by atoms with Crippen LogP contribution in [0.15, 0.2) is 59.4 Å². The van der Waals surface area contributed by atoms with Gasteiger partial charge in [-0.25, -0.2) is 0 Å². The Bertz CT molecular complexity index is 776. The molecule has 0 aliphatic heterocycles. The summed E-state index contributed by atoms with van der Waals surface area (Å²) in [7, 11) is 0. The Morgan fingerprint density at radius 2 is 1.79 bits per heavy atom. The molecule has 3 aromatic rings. The van der Waals surface area contributed by atoms with Crippen LogP contribution >= 0.6 is 0 Å². The third-order valence-corrected chi connectivity index (χ3v) is 3.16. The molecule has 0 atom stereocenters. The molecule has 0 saturated heterocycles. The van der Waals surface area contributed by atoms with E-state index in [1.54, 1.807) is 12.1 Å². The van der Waals surface area contributed by atoms with Gasteiger partial charge in [0.2, 0.25) is 0 Å². The molecule has 0 fully saturated rings. The summed E-state index contributed by atoms with van der Waals surface area (Å²) < 4.78 is 0. The molecule has 0 radical (unpaired) electrons. The van der Waals surface area contributed by atoms with Crippen LogP contribution in [0.3, 0.4) is 0 Å². The molecule has 0 spiro atoms. The third-order valence-electron chi connectivity index (χ3n) is 3.16. The molecular formula is C16H13NO2. The van der Waals surface area contributed by atoms with E-state index in [1.165, 1.54) is 0 Å². The zero-order chi connectivity index (χ0) is 13.2. The van der Waals surface area contributed by atoms with Gasteiger partial charge in [-0.2, -0.15) is 0 Å². The zero-order valence-electron chi connectivity index (χ0n) is 10.3. The average Bonchev–Trinajstić information content (AvgIpc) is 2.48. The Balaban J connectivity index is 2.23. The first-order valence-corrected chi connectivity index (χ1v) is 6.10. The summed E-state index contributed by atoms with van der Waals surface area (Å²) in [4.78, 5) is 15.4. The van der Waals surface area contributed by atoms with Crippen molar-refractivity contribution in [1.29, 1.82) is 0 Å². The van der Waals surface area contributed by atoms with Crippen LogP contribution in [-0.4, -0.2) is 10.1 Å². The monoisotopic (exact) mass is 251 g/mol. The molecule has 0 amide bonds. The van der Waals surface area contributed by atoms with E-state index in [2.05, 4.69) is 4.98 Å². The number of hydrogen-bond donors (Lipinski definition) is 2. The molecule has 1 heterocycles. The van der Waals surface area contributed by atoms with E-state index in [4.69, 9.17) is 5.11 Å². The Morgan fingerprint density at radius 1 is 1.00 bits per heavy atom. The van der Waals surface area contributed by atoms with Gasteiger partial charge in [0.25, 0.3) is 0 Å². The van der Waals surface area contributed by atoms with Crippen LogP contribution in [0.4, 0.5) is 0 Å². The van der Waals surface area contributed by atoms with Gasteiger partial charge in [0.15, 0.2) is 5.43 Å². The van der Waals surface area contributed by atoms with Crippen molar-refractivity contribution in [1.82, 2.24) is 4.98 Å². The summed E-state index contributed by atoms with van der Waals surface area (Å²) in [5.74, 6) is 0. The molecule has 3 nitrogen and oxygen atoms in total. The number of nitrogens with one attached hydrogen (secondary N) is 1. The third kappa shape index (κ3) is 2.16. The number of H-pyrrole nitrogens is 1. The minimum absolute atomic E-state index is 0.0390. The summed E-state index contributed by atoms with van der Waals surface area (Å²) in [6, 6.07) is 16.7. The average molecular weight is 251 g/mol. The number of aliphatic hydroxyl groups is 1. The highest BCUT2D eigenvalue weighted by Gasteiger charge is 2.04. The standard InChI is InChI=1S/C16H13NO2/c18-10-11-6-7-14-13(8-11)16(19)9-15(17-14)12-4-2-1-3-5-12/h1-9,18H,10H2,(H,17,19). The van der Waals surface area contributed by atoms with Crippen LogP contribution in [0.5, 0.6) is 0 Å². The van der Waals surface area contributed by atoms with Crippen LogP contribution in [-0.2, 0) is 6.61 Å². The zero-order valence-corrected chi connectivity index (χ0v) is 10.3. The number of hydrogen-bond acceptors (Lipinski definition) is 2. The van der Waals surface area contributed by atoms with Gasteiger partial charge in [0.05, 0.1) is 6.61 Å². The van der Waals surface area contributed by atoms with Crippen molar-refractivity contribution in [2.45, 2.75) is 6.61 Å².